The van der Waals surface area contributed by atoms with Crippen molar-refractivity contribution in [1.29, 1.82) is 0 Å². The molecule has 0 aliphatic rings. The molecule has 1 aromatic rings. The quantitative estimate of drug-likeness (QED) is 0.822. The highest BCUT2D eigenvalue weighted by Gasteiger charge is 2.09. The number of ether oxygens (including phenoxy) is 1. The van der Waals surface area contributed by atoms with Crippen molar-refractivity contribution in [2.75, 3.05) is 12.8 Å². The van der Waals surface area contributed by atoms with Gasteiger partial charge in [0.05, 0.1) is 12.7 Å². The Labute approximate surface area is 124 Å². The molecule has 1 heterocycles. The molecule has 0 unspecified atom stereocenters. The van der Waals surface area contributed by atoms with Crippen LogP contribution in [0.1, 0.15) is 18.9 Å². The second-order valence-electron chi connectivity index (χ2n) is 3.39. The summed E-state index contributed by atoms with van der Waals surface area (Å²) < 4.78 is 5.03. The van der Waals surface area contributed by atoms with Crippen LogP contribution in [-0.2, 0) is 0 Å². The van der Waals surface area contributed by atoms with E-state index in [2.05, 4.69) is 16.8 Å². The molecule has 0 bridgehead atoms. The first-order chi connectivity index (χ1) is 7.56. The van der Waals surface area contributed by atoms with Gasteiger partial charge in [-0.05, 0) is 6.92 Å². The molecule has 7 heteroatoms. The molecule has 1 rings (SSSR count). The monoisotopic (exact) mass is 311 g/mol. The second kappa shape index (κ2) is 9.12. The Kier molecular flexibility index (Phi) is 9.87. The van der Waals surface area contributed by atoms with Crippen molar-refractivity contribution in [3.05, 3.63) is 16.8 Å². The lowest BCUT2D eigenvalue weighted by atomic mass is 10.2. The zero-order chi connectivity index (χ0) is 12.1. The fourth-order valence-corrected chi connectivity index (χ4v) is 1.34. The van der Waals surface area contributed by atoms with Crippen LogP contribution in [0.5, 0.6) is 5.75 Å². The molecule has 0 aliphatic carbocycles. The standard InChI is InChI=1S/C11H14ClN3O.2ClH/c1-7(13)4-3-5-8-6-15-11(14)10(16-2)9(8)12;;/h6-7H,4,13H2,1-2H3,(H2,14,15);2*1H/t7-;;/m0../s1. The van der Waals surface area contributed by atoms with Gasteiger partial charge < -0.3 is 16.2 Å². The maximum absolute atomic E-state index is 6.05. The van der Waals surface area contributed by atoms with E-state index in [0.29, 0.717) is 22.8 Å². The van der Waals surface area contributed by atoms with Crippen LogP contribution in [0.2, 0.25) is 5.02 Å². The number of nitrogens with zero attached hydrogens (tertiary/aromatic N) is 1. The van der Waals surface area contributed by atoms with Crippen LogP contribution in [0, 0.1) is 11.8 Å². The van der Waals surface area contributed by atoms with E-state index >= 15 is 0 Å². The lowest BCUT2D eigenvalue weighted by Crippen LogP contribution is -2.12. The van der Waals surface area contributed by atoms with E-state index in [1.54, 1.807) is 0 Å². The first kappa shape index (κ1) is 19.5. The van der Waals surface area contributed by atoms with Crippen LogP contribution >= 0.6 is 36.4 Å². The van der Waals surface area contributed by atoms with Crippen LogP contribution in [0.4, 0.5) is 5.82 Å². The Hall–Kier alpha value is -0.860. The minimum absolute atomic E-state index is 0. The molecule has 4 N–H and O–H groups in total. The predicted molar refractivity (Wildman–Crippen MR) is 79.9 cm³/mol. The fraction of sp³-hybridized carbons (Fsp3) is 0.364. The van der Waals surface area contributed by atoms with E-state index in [0.717, 1.165) is 0 Å². The van der Waals surface area contributed by atoms with Crippen molar-refractivity contribution in [3.8, 4) is 17.6 Å². The zero-order valence-electron chi connectivity index (χ0n) is 10.1. The van der Waals surface area contributed by atoms with E-state index in [9.17, 15) is 0 Å². The summed E-state index contributed by atoms with van der Waals surface area (Å²) in [6, 6.07) is 0.0370. The van der Waals surface area contributed by atoms with Crippen molar-refractivity contribution in [3.63, 3.8) is 0 Å². The molecule has 0 fully saturated rings. The van der Waals surface area contributed by atoms with Crippen LogP contribution in [0.25, 0.3) is 0 Å². The molecule has 0 radical (unpaired) electrons. The molecule has 1 aromatic heterocycles. The van der Waals surface area contributed by atoms with Gasteiger partial charge in [-0.1, -0.05) is 23.4 Å². The first-order valence-corrected chi connectivity index (χ1v) is 5.16. The summed E-state index contributed by atoms with van der Waals surface area (Å²) in [4.78, 5) is 3.94. The topological polar surface area (TPSA) is 74.2 Å². The van der Waals surface area contributed by atoms with Crippen LogP contribution < -0.4 is 16.2 Å². The molecular formula is C11H16Cl3N3O. The maximum Gasteiger partial charge on any atom is 0.180 e. The van der Waals surface area contributed by atoms with Gasteiger partial charge in [-0.25, -0.2) is 4.98 Å². The van der Waals surface area contributed by atoms with Crippen molar-refractivity contribution in [2.45, 2.75) is 19.4 Å². The average Bonchev–Trinajstić information content (AvgIpc) is 2.22. The summed E-state index contributed by atoms with van der Waals surface area (Å²) in [6.07, 6.45) is 2.12. The summed E-state index contributed by atoms with van der Waals surface area (Å²) in [5.74, 6) is 6.41. The summed E-state index contributed by atoms with van der Waals surface area (Å²) in [6.45, 7) is 1.89. The Balaban J connectivity index is 0. The zero-order valence-corrected chi connectivity index (χ0v) is 12.5. The number of hydrogen-bond acceptors (Lipinski definition) is 4. The molecule has 1 atom stereocenters. The van der Waals surface area contributed by atoms with E-state index in [-0.39, 0.29) is 36.7 Å². The van der Waals surface area contributed by atoms with E-state index in [1.165, 1.54) is 13.3 Å². The van der Waals surface area contributed by atoms with Gasteiger partial charge >= 0.3 is 0 Å². The van der Waals surface area contributed by atoms with Gasteiger partial charge in [-0.15, -0.1) is 24.8 Å². The number of anilines is 1. The number of nitrogen functional groups attached to an aromatic ring is 1. The highest BCUT2D eigenvalue weighted by Crippen LogP contribution is 2.31. The minimum Gasteiger partial charge on any atom is -0.491 e. The van der Waals surface area contributed by atoms with E-state index in [1.807, 2.05) is 6.92 Å². The van der Waals surface area contributed by atoms with Gasteiger partial charge in [0.15, 0.2) is 11.6 Å². The smallest absolute Gasteiger partial charge is 0.180 e. The highest BCUT2D eigenvalue weighted by molar-refractivity contribution is 6.33. The largest absolute Gasteiger partial charge is 0.491 e. The van der Waals surface area contributed by atoms with E-state index < -0.39 is 0 Å². The maximum atomic E-state index is 6.05. The van der Waals surface area contributed by atoms with Gasteiger partial charge in [0.1, 0.15) is 5.02 Å². The van der Waals surface area contributed by atoms with Crippen molar-refractivity contribution < 1.29 is 4.74 Å². The number of rotatable bonds is 2. The molecule has 18 heavy (non-hydrogen) atoms. The van der Waals surface area contributed by atoms with Gasteiger partial charge in [0, 0.05) is 18.7 Å². The molecular weight excluding hydrogens is 296 g/mol. The number of aromatic nitrogens is 1. The third kappa shape index (κ3) is 5.19. The van der Waals surface area contributed by atoms with Gasteiger partial charge in [-0.2, -0.15) is 0 Å². The molecule has 4 nitrogen and oxygen atoms in total. The normalized spacial score (nSPS) is 10.2. The number of methoxy groups -OCH3 is 1. The first-order valence-electron chi connectivity index (χ1n) is 4.78. The summed E-state index contributed by atoms with van der Waals surface area (Å²) in [7, 11) is 1.48. The second-order valence-corrected chi connectivity index (χ2v) is 3.77. The summed E-state index contributed by atoms with van der Waals surface area (Å²) >= 11 is 6.05. The van der Waals surface area contributed by atoms with Crippen molar-refractivity contribution in [1.82, 2.24) is 4.98 Å². The molecule has 0 spiro atoms. The van der Waals surface area contributed by atoms with Crippen molar-refractivity contribution in [2.24, 2.45) is 5.73 Å². The summed E-state index contributed by atoms with van der Waals surface area (Å²) in [5, 5.41) is 0.382. The highest BCUT2D eigenvalue weighted by atomic mass is 35.5. The third-order valence-corrected chi connectivity index (χ3v) is 2.23. The molecule has 0 saturated heterocycles. The molecule has 102 valence electrons. The van der Waals surface area contributed by atoms with Gasteiger partial charge in [0.25, 0.3) is 0 Å². The Morgan fingerprint density at radius 3 is 2.61 bits per heavy atom. The Morgan fingerprint density at radius 1 is 1.50 bits per heavy atom. The molecule has 0 amide bonds. The predicted octanol–water partition coefficient (Wildman–Crippen LogP) is 2.26. The summed E-state index contributed by atoms with van der Waals surface area (Å²) in [5.41, 5.74) is 11.8. The fourth-order valence-electron chi connectivity index (χ4n) is 1.07. The van der Waals surface area contributed by atoms with Crippen molar-refractivity contribution >= 4 is 42.2 Å². The molecule has 0 aromatic carbocycles. The lowest BCUT2D eigenvalue weighted by Gasteiger charge is -2.06. The Bertz CT molecular complexity index is 441. The number of pyridine rings is 1. The third-order valence-electron chi connectivity index (χ3n) is 1.85. The Morgan fingerprint density at radius 2 is 2.11 bits per heavy atom. The average molecular weight is 313 g/mol. The van der Waals surface area contributed by atoms with Gasteiger partial charge in [0.2, 0.25) is 0 Å². The minimum atomic E-state index is 0. The number of hydrogen-bond donors (Lipinski definition) is 2. The number of nitrogens with two attached hydrogens (primary N) is 2. The van der Waals surface area contributed by atoms with Crippen LogP contribution in [-0.4, -0.2) is 18.1 Å². The SMILES string of the molecule is COc1c(N)ncc(C#CC[C@H](C)N)c1Cl.Cl.Cl. The molecule has 0 aliphatic heterocycles. The van der Waals surface area contributed by atoms with Crippen LogP contribution in [0.3, 0.4) is 0 Å². The molecule has 0 saturated carbocycles. The number of halogens is 3. The van der Waals surface area contributed by atoms with Crippen LogP contribution in [0.15, 0.2) is 6.20 Å². The lowest BCUT2D eigenvalue weighted by molar-refractivity contribution is 0.415. The van der Waals surface area contributed by atoms with E-state index in [4.69, 9.17) is 27.8 Å². The van der Waals surface area contributed by atoms with Gasteiger partial charge in [-0.3, -0.25) is 0 Å².